The van der Waals surface area contributed by atoms with Crippen molar-refractivity contribution in [3.8, 4) is 5.75 Å². The Bertz CT molecular complexity index is 425. The molecular weight excluding hydrogens is 222 g/mol. The highest BCUT2D eigenvalue weighted by molar-refractivity contribution is 5.48. The molecule has 0 fully saturated rings. The predicted octanol–water partition coefficient (Wildman–Crippen LogP) is 3.63. The van der Waals surface area contributed by atoms with Gasteiger partial charge < -0.3 is 10.1 Å². The minimum atomic E-state index is 0.519. The van der Waals surface area contributed by atoms with E-state index in [9.17, 15) is 0 Å². The number of fused-ring (bicyclic) bond motifs is 1. The van der Waals surface area contributed by atoms with E-state index in [-0.39, 0.29) is 0 Å². The van der Waals surface area contributed by atoms with E-state index >= 15 is 0 Å². The summed E-state index contributed by atoms with van der Waals surface area (Å²) in [5, 5.41) is 3.69. The summed E-state index contributed by atoms with van der Waals surface area (Å²) in [6, 6.07) is 4.84. The molecule has 1 aliphatic heterocycles. The topological polar surface area (TPSA) is 21.3 Å². The molecule has 0 aromatic heterocycles. The van der Waals surface area contributed by atoms with E-state index in [1.807, 2.05) is 0 Å². The van der Waals surface area contributed by atoms with Crippen LogP contribution in [0.25, 0.3) is 0 Å². The highest BCUT2D eigenvalue weighted by atomic mass is 16.5. The first-order valence-corrected chi connectivity index (χ1v) is 6.94. The number of hydrogen-bond acceptors (Lipinski definition) is 2. The Kier molecular flexibility index (Phi) is 3.96. The Morgan fingerprint density at radius 2 is 2.11 bits per heavy atom. The lowest BCUT2D eigenvalue weighted by atomic mass is 9.80. The fourth-order valence-corrected chi connectivity index (χ4v) is 3.07. The minimum absolute atomic E-state index is 0.519. The second-order valence-corrected chi connectivity index (χ2v) is 5.88. The van der Waals surface area contributed by atoms with Gasteiger partial charge in [0.15, 0.2) is 0 Å². The lowest BCUT2D eigenvalue weighted by molar-refractivity contribution is 0.338. The summed E-state index contributed by atoms with van der Waals surface area (Å²) in [6.07, 6.45) is 1.22. The summed E-state index contributed by atoms with van der Waals surface area (Å²) in [7, 11) is 1.77. The molecule has 1 heterocycles. The molecule has 2 unspecified atom stereocenters. The van der Waals surface area contributed by atoms with Crippen LogP contribution in [0.4, 0.5) is 0 Å². The van der Waals surface area contributed by atoms with Crippen LogP contribution in [0.1, 0.15) is 49.8 Å². The highest BCUT2D eigenvalue weighted by Gasteiger charge is 2.29. The molecule has 1 N–H and O–H groups in total. The van der Waals surface area contributed by atoms with Crippen molar-refractivity contribution in [3.63, 3.8) is 0 Å². The van der Waals surface area contributed by atoms with Gasteiger partial charge in [-0.3, -0.25) is 0 Å². The monoisotopic (exact) mass is 247 g/mol. The van der Waals surface area contributed by atoms with Crippen molar-refractivity contribution in [2.75, 3.05) is 7.11 Å². The number of nitrogens with one attached hydrogen (secondary N) is 1. The number of rotatable bonds is 3. The molecular formula is C16H25NO. The van der Waals surface area contributed by atoms with E-state index in [1.165, 1.54) is 23.1 Å². The number of aryl methyl sites for hydroxylation is 1. The van der Waals surface area contributed by atoms with Gasteiger partial charge in [0, 0.05) is 24.1 Å². The smallest absolute Gasteiger partial charge is 0.122 e. The molecule has 1 aromatic carbocycles. The van der Waals surface area contributed by atoms with Crippen LogP contribution in [0.5, 0.6) is 5.75 Å². The van der Waals surface area contributed by atoms with Crippen LogP contribution in [-0.4, -0.2) is 13.2 Å². The molecule has 18 heavy (non-hydrogen) atoms. The Balaban J connectivity index is 2.38. The number of methoxy groups -OCH3 is 1. The van der Waals surface area contributed by atoms with Crippen LogP contribution in [0.2, 0.25) is 0 Å². The molecule has 2 rings (SSSR count). The Morgan fingerprint density at radius 1 is 1.39 bits per heavy atom. The van der Waals surface area contributed by atoms with Gasteiger partial charge in [0.2, 0.25) is 0 Å². The van der Waals surface area contributed by atoms with E-state index in [1.54, 1.807) is 7.11 Å². The number of hydrogen-bond donors (Lipinski definition) is 1. The van der Waals surface area contributed by atoms with Gasteiger partial charge in [-0.1, -0.05) is 26.8 Å². The van der Waals surface area contributed by atoms with Gasteiger partial charge in [-0.2, -0.15) is 0 Å². The third-order valence-corrected chi connectivity index (χ3v) is 4.10. The zero-order valence-electron chi connectivity index (χ0n) is 12.2. The molecule has 2 heteroatoms. The zero-order valence-corrected chi connectivity index (χ0v) is 12.2. The van der Waals surface area contributed by atoms with Crippen LogP contribution >= 0.6 is 0 Å². The van der Waals surface area contributed by atoms with Gasteiger partial charge in [-0.25, -0.2) is 0 Å². The number of ether oxygens (including phenoxy) is 1. The van der Waals surface area contributed by atoms with Gasteiger partial charge in [-0.15, -0.1) is 0 Å². The standard InChI is InChI=1S/C16H25NO/c1-10(2)8-14-12(4)16-13(9-17-14)11(3)6-7-15(16)18-5/h6-7,10,12,14,17H,8-9H2,1-5H3. The molecule has 0 saturated heterocycles. The van der Waals surface area contributed by atoms with Crippen LogP contribution in [0.15, 0.2) is 12.1 Å². The lowest BCUT2D eigenvalue weighted by Gasteiger charge is -2.35. The van der Waals surface area contributed by atoms with Gasteiger partial charge in [0.25, 0.3) is 0 Å². The molecule has 0 aliphatic carbocycles. The van der Waals surface area contributed by atoms with Crippen LogP contribution in [0, 0.1) is 12.8 Å². The summed E-state index contributed by atoms with van der Waals surface area (Å²) in [6.45, 7) is 10.1. The van der Waals surface area contributed by atoms with Crippen molar-refractivity contribution < 1.29 is 4.74 Å². The average Bonchev–Trinajstić information content (AvgIpc) is 2.33. The fraction of sp³-hybridized carbons (Fsp3) is 0.625. The molecule has 100 valence electrons. The summed E-state index contributed by atoms with van der Waals surface area (Å²) in [4.78, 5) is 0. The van der Waals surface area contributed by atoms with Gasteiger partial charge in [0.05, 0.1) is 7.11 Å². The van der Waals surface area contributed by atoms with Gasteiger partial charge in [-0.05, 0) is 36.5 Å². The Morgan fingerprint density at radius 3 is 2.72 bits per heavy atom. The van der Waals surface area contributed by atoms with E-state index in [2.05, 4.69) is 45.1 Å². The van der Waals surface area contributed by atoms with Crippen LogP contribution in [-0.2, 0) is 6.54 Å². The van der Waals surface area contributed by atoms with Crippen molar-refractivity contribution in [3.05, 3.63) is 28.8 Å². The maximum absolute atomic E-state index is 5.56. The average molecular weight is 247 g/mol. The van der Waals surface area contributed by atoms with Gasteiger partial charge in [0.1, 0.15) is 5.75 Å². The first kappa shape index (κ1) is 13.4. The molecule has 2 nitrogen and oxygen atoms in total. The maximum Gasteiger partial charge on any atom is 0.122 e. The normalized spacial score (nSPS) is 23.0. The largest absolute Gasteiger partial charge is 0.496 e. The Labute approximate surface area is 111 Å². The first-order chi connectivity index (χ1) is 8.54. The van der Waals surface area contributed by atoms with E-state index < -0.39 is 0 Å². The fourth-order valence-electron chi connectivity index (χ4n) is 3.07. The van der Waals surface area contributed by atoms with Crippen LogP contribution in [0.3, 0.4) is 0 Å². The Hall–Kier alpha value is -1.02. The molecule has 0 spiro atoms. The molecule has 2 atom stereocenters. The predicted molar refractivity (Wildman–Crippen MR) is 76.2 cm³/mol. The van der Waals surface area contributed by atoms with Crippen molar-refractivity contribution in [2.24, 2.45) is 5.92 Å². The SMILES string of the molecule is COc1ccc(C)c2c1C(C)C(CC(C)C)NC2. The van der Waals surface area contributed by atoms with E-state index in [4.69, 9.17) is 4.74 Å². The van der Waals surface area contributed by atoms with E-state index in [0.717, 1.165) is 18.2 Å². The second-order valence-electron chi connectivity index (χ2n) is 5.88. The minimum Gasteiger partial charge on any atom is -0.496 e. The molecule has 0 saturated carbocycles. The summed E-state index contributed by atoms with van der Waals surface area (Å²) < 4.78 is 5.56. The van der Waals surface area contributed by atoms with E-state index in [0.29, 0.717) is 12.0 Å². The quantitative estimate of drug-likeness (QED) is 0.880. The lowest BCUT2D eigenvalue weighted by Crippen LogP contribution is -2.39. The van der Waals surface area contributed by atoms with Crippen molar-refractivity contribution in [2.45, 2.75) is 52.6 Å². The molecule has 0 amide bonds. The maximum atomic E-state index is 5.56. The zero-order chi connectivity index (χ0) is 13.3. The first-order valence-electron chi connectivity index (χ1n) is 6.94. The molecule has 1 aromatic rings. The van der Waals surface area contributed by atoms with Crippen molar-refractivity contribution >= 4 is 0 Å². The second kappa shape index (κ2) is 5.31. The van der Waals surface area contributed by atoms with Crippen LogP contribution < -0.4 is 10.1 Å². The third kappa shape index (κ3) is 2.39. The summed E-state index contributed by atoms with van der Waals surface area (Å²) in [5.41, 5.74) is 4.22. The summed E-state index contributed by atoms with van der Waals surface area (Å²) in [5.74, 6) is 2.30. The molecule has 0 radical (unpaired) electrons. The third-order valence-electron chi connectivity index (χ3n) is 4.10. The van der Waals surface area contributed by atoms with Crippen molar-refractivity contribution in [1.82, 2.24) is 5.32 Å². The van der Waals surface area contributed by atoms with Crippen molar-refractivity contribution in [1.29, 1.82) is 0 Å². The molecule has 1 aliphatic rings. The van der Waals surface area contributed by atoms with Gasteiger partial charge >= 0.3 is 0 Å². The molecule has 0 bridgehead atoms. The number of benzene rings is 1. The summed E-state index contributed by atoms with van der Waals surface area (Å²) >= 11 is 0. The highest BCUT2D eigenvalue weighted by Crippen LogP contribution is 2.38.